The lowest BCUT2D eigenvalue weighted by Crippen LogP contribution is -2.37. The maximum Gasteiger partial charge on any atom is 0.0947 e. The van der Waals surface area contributed by atoms with Crippen LogP contribution in [0.3, 0.4) is 0 Å². The van der Waals surface area contributed by atoms with E-state index in [2.05, 4.69) is 11.0 Å². The Morgan fingerprint density at radius 2 is 2.00 bits per heavy atom. The van der Waals surface area contributed by atoms with E-state index in [0.29, 0.717) is 6.61 Å². The molecule has 1 aromatic rings. The molecular weight excluding hydrogens is 238 g/mol. The second-order valence-electron chi connectivity index (χ2n) is 5.68. The molecule has 1 aromatic heterocycles. The number of rotatable bonds is 8. The third-order valence-corrected chi connectivity index (χ3v) is 4.16. The first kappa shape index (κ1) is 14.6. The highest BCUT2D eigenvalue weighted by molar-refractivity contribution is 5.05. The van der Waals surface area contributed by atoms with Gasteiger partial charge in [-0.05, 0) is 44.7 Å². The van der Waals surface area contributed by atoms with Gasteiger partial charge < -0.3 is 9.52 Å². The van der Waals surface area contributed by atoms with Gasteiger partial charge in [0.25, 0.3) is 0 Å². The normalized spacial score (nSPS) is 17.2. The Hall–Kier alpha value is -0.800. The van der Waals surface area contributed by atoms with Crippen LogP contribution in [0.5, 0.6) is 0 Å². The molecule has 1 fully saturated rings. The van der Waals surface area contributed by atoms with Crippen LogP contribution >= 0.6 is 0 Å². The van der Waals surface area contributed by atoms with Gasteiger partial charge >= 0.3 is 0 Å². The second kappa shape index (κ2) is 8.39. The van der Waals surface area contributed by atoms with Gasteiger partial charge in [-0.2, -0.15) is 0 Å². The van der Waals surface area contributed by atoms with E-state index < -0.39 is 0 Å². The predicted octanol–water partition coefficient (Wildman–Crippen LogP) is 3.58. The number of furan rings is 1. The summed E-state index contributed by atoms with van der Waals surface area (Å²) in [7, 11) is 0. The Morgan fingerprint density at radius 1 is 1.16 bits per heavy atom. The maximum absolute atomic E-state index is 8.86. The van der Waals surface area contributed by atoms with E-state index in [-0.39, 0.29) is 0 Å². The molecule has 0 atom stereocenters. The van der Waals surface area contributed by atoms with Gasteiger partial charge in [0, 0.05) is 24.8 Å². The van der Waals surface area contributed by atoms with Crippen LogP contribution in [-0.4, -0.2) is 29.2 Å². The zero-order valence-corrected chi connectivity index (χ0v) is 11.9. The van der Waals surface area contributed by atoms with Crippen LogP contribution in [0.4, 0.5) is 0 Å². The molecule has 19 heavy (non-hydrogen) atoms. The SMILES string of the molecule is OCCCCCN(Cc1ccoc1)C1CCCCC1. The van der Waals surface area contributed by atoms with E-state index in [4.69, 9.17) is 9.52 Å². The topological polar surface area (TPSA) is 36.6 Å². The summed E-state index contributed by atoms with van der Waals surface area (Å²) in [5, 5.41) is 8.86. The quantitative estimate of drug-likeness (QED) is 0.730. The van der Waals surface area contributed by atoms with Crippen molar-refractivity contribution in [2.24, 2.45) is 0 Å². The number of nitrogens with zero attached hydrogens (tertiary/aromatic N) is 1. The maximum atomic E-state index is 8.86. The highest BCUT2D eigenvalue weighted by atomic mass is 16.3. The molecular formula is C16H27NO2. The molecule has 3 heteroatoms. The zero-order chi connectivity index (χ0) is 13.3. The lowest BCUT2D eigenvalue weighted by Gasteiger charge is -2.34. The van der Waals surface area contributed by atoms with Crippen LogP contribution in [0.25, 0.3) is 0 Å². The predicted molar refractivity (Wildman–Crippen MR) is 76.9 cm³/mol. The van der Waals surface area contributed by atoms with Crippen molar-refractivity contribution >= 4 is 0 Å². The van der Waals surface area contributed by atoms with Crippen LogP contribution in [0, 0.1) is 0 Å². The average Bonchev–Trinajstić information content (AvgIpc) is 2.96. The summed E-state index contributed by atoms with van der Waals surface area (Å²) in [6.07, 6.45) is 13.7. The van der Waals surface area contributed by atoms with Crippen LogP contribution in [-0.2, 0) is 6.54 Å². The molecule has 108 valence electrons. The number of hydrogen-bond acceptors (Lipinski definition) is 3. The molecule has 0 saturated heterocycles. The summed E-state index contributed by atoms with van der Waals surface area (Å²) < 4.78 is 5.19. The fourth-order valence-corrected chi connectivity index (χ4v) is 3.06. The van der Waals surface area contributed by atoms with Crippen molar-refractivity contribution in [3.05, 3.63) is 24.2 Å². The van der Waals surface area contributed by atoms with E-state index in [1.165, 1.54) is 44.1 Å². The first-order chi connectivity index (χ1) is 9.40. The van der Waals surface area contributed by atoms with Gasteiger partial charge in [0.2, 0.25) is 0 Å². The Labute approximate surface area is 116 Å². The van der Waals surface area contributed by atoms with Gasteiger partial charge in [0.1, 0.15) is 0 Å². The molecule has 0 amide bonds. The van der Waals surface area contributed by atoms with Gasteiger partial charge in [0.15, 0.2) is 0 Å². The minimum absolute atomic E-state index is 0.325. The third-order valence-electron chi connectivity index (χ3n) is 4.16. The van der Waals surface area contributed by atoms with Gasteiger partial charge in [-0.25, -0.2) is 0 Å². The average molecular weight is 265 g/mol. The number of unbranched alkanes of at least 4 members (excludes halogenated alkanes) is 2. The minimum Gasteiger partial charge on any atom is -0.472 e. The zero-order valence-electron chi connectivity index (χ0n) is 11.9. The number of hydrogen-bond donors (Lipinski definition) is 1. The van der Waals surface area contributed by atoms with E-state index in [1.807, 2.05) is 6.26 Å². The molecule has 0 aromatic carbocycles. The summed E-state index contributed by atoms with van der Waals surface area (Å²) in [5.41, 5.74) is 1.28. The van der Waals surface area contributed by atoms with Crippen LogP contribution < -0.4 is 0 Å². The lowest BCUT2D eigenvalue weighted by molar-refractivity contribution is 0.143. The molecule has 0 aliphatic heterocycles. The molecule has 1 saturated carbocycles. The molecule has 0 spiro atoms. The van der Waals surface area contributed by atoms with Crippen LogP contribution in [0.15, 0.2) is 23.0 Å². The van der Waals surface area contributed by atoms with Gasteiger partial charge in [0.05, 0.1) is 12.5 Å². The molecule has 0 radical (unpaired) electrons. The fraction of sp³-hybridized carbons (Fsp3) is 0.750. The Morgan fingerprint density at radius 3 is 2.68 bits per heavy atom. The number of aliphatic hydroxyl groups is 1. The minimum atomic E-state index is 0.325. The first-order valence-corrected chi connectivity index (χ1v) is 7.76. The van der Waals surface area contributed by atoms with Crippen LogP contribution in [0.2, 0.25) is 0 Å². The summed E-state index contributed by atoms with van der Waals surface area (Å²) in [6.45, 7) is 2.49. The highest BCUT2D eigenvalue weighted by Crippen LogP contribution is 2.24. The molecule has 1 heterocycles. The third kappa shape index (κ3) is 5.00. The van der Waals surface area contributed by atoms with E-state index in [9.17, 15) is 0 Å². The summed E-state index contributed by atoms with van der Waals surface area (Å²) in [4.78, 5) is 2.63. The summed E-state index contributed by atoms with van der Waals surface area (Å²) in [6, 6.07) is 2.82. The largest absolute Gasteiger partial charge is 0.472 e. The molecule has 2 rings (SSSR count). The van der Waals surface area contributed by atoms with E-state index in [0.717, 1.165) is 32.0 Å². The molecule has 1 aliphatic carbocycles. The second-order valence-corrected chi connectivity index (χ2v) is 5.68. The molecule has 3 nitrogen and oxygen atoms in total. The van der Waals surface area contributed by atoms with Gasteiger partial charge in [-0.15, -0.1) is 0 Å². The Kier molecular flexibility index (Phi) is 6.45. The van der Waals surface area contributed by atoms with Crippen LogP contribution in [0.1, 0.15) is 56.9 Å². The Balaban J connectivity index is 1.84. The van der Waals surface area contributed by atoms with Crippen molar-refractivity contribution < 1.29 is 9.52 Å². The monoisotopic (exact) mass is 265 g/mol. The highest BCUT2D eigenvalue weighted by Gasteiger charge is 2.21. The summed E-state index contributed by atoms with van der Waals surface area (Å²) >= 11 is 0. The smallest absolute Gasteiger partial charge is 0.0947 e. The molecule has 1 N–H and O–H groups in total. The van der Waals surface area contributed by atoms with Crippen molar-refractivity contribution in [2.45, 2.75) is 64.0 Å². The van der Waals surface area contributed by atoms with Gasteiger partial charge in [-0.1, -0.05) is 19.3 Å². The van der Waals surface area contributed by atoms with Crippen molar-refractivity contribution in [3.63, 3.8) is 0 Å². The molecule has 1 aliphatic rings. The first-order valence-electron chi connectivity index (χ1n) is 7.76. The summed E-state index contributed by atoms with van der Waals surface area (Å²) in [5.74, 6) is 0. The van der Waals surface area contributed by atoms with Crippen molar-refractivity contribution in [1.29, 1.82) is 0 Å². The fourth-order valence-electron chi connectivity index (χ4n) is 3.06. The van der Waals surface area contributed by atoms with Crippen molar-refractivity contribution in [2.75, 3.05) is 13.2 Å². The van der Waals surface area contributed by atoms with E-state index in [1.54, 1.807) is 6.26 Å². The van der Waals surface area contributed by atoms with Crippen molar-refractivity contribution in [3.8, 4) is 0 Å². The molecule has 0 bridgehead atoms. The van der Waals surface area contributed by atoms with Gasteiger partial charge in [-0.3, -0.25) is 4.90 Å². The van der Waals surface area contributed by atoms with Crippen molar-refractivity contribution in [1.82, 2.24) is 4.90 Å². The molecule has 0 unspecified atom stereocenters. The Bertz CT molecular complexity index is 317. The van der Waals surface area contributed by atoms with E-state index >= 15 is 0 Å². The lowest BCUT2D eigenvalue weighted by atomic mass is 9.93. The standard InChI is InChI=1S/C16H27NO2/c18-11-6-2-5-10-17(13-15-9-12-19-14-15)16-7-3-1-4-8-16/h9,12,14,16,18H,1-8,10-11,13H2. The number of aliphatic hydroxyl groups excluding tert-OH is 1.